The maximum absolute atomic E-state index is 12.8. The number of esters is 2. The Bertz CT molecular complexity index is 1040. The molecule has 0 radical (unpaired) electrons. The summed E-state index contributed by atoms with van der Waals surface area (Å²) >= 11 is 8.09. The third kappa shape index (κ3) is 7.18. The van der Waals surface area contributed by atoms with E-state index in [0.717, 1.165) is 14.2 Å². The van der Waals surface area contributed by atoms with Gasteiger partial charge in [0, 0.05) is 11.1 Å². The lowest BCUT2D eigenvalue weighted by Crippen LogP contribution is -2.58. The van der Waals surface area contributed by atoms with Gasteiger partial charge in [-0.2, -0.15) is 0 Å². The van der Waals surface area contributed by atoms with Crippen molar-refractivity contribution in [2.24, 2.45) is 0 Å². The molecule has 10 nitrogen and oxygen atoms in total. The second-order valence-corrected chi connectivity index (χ2v) is 8.21. The first-order chi connectivity index (χ1) is 17.1. The van der Waals surface area contributed by atoms with Gasteiger partial charge in [0.2, 0.25) is 11.8 Å². The Kier molecular flexibility index (Phi) is 10.7. The molecule has 0 aliphatic heterocycles. The summed E-state index contributed by atoms with van der Waals surface area (Å²) in [5.41, 5.74) is 0.495. The van der Waals surface area contributed by atoms with Crippen molar-refractivity contribution >= 4 is 60.9 Å². The molecule has 2 unspecified atom stereocenters. The average molecular weight is 533 g/mol. The normalized spacial score (nSPS) is 12.0. The summed E-state index contributed by atoms with van der Waals surface area (Å²) < 4.78 is 10.5. The molecule has 0 N–H and O–H groups in total. The van der Waals surface area contributed by atoms with Crippen LogP contribution in [0.4, 0.5) is 0 Å². The summed E-state index contributed by atoms with van der Waals surface area (Å²) in [5, 5.41) is 0. The minimum Gasteiger partial charge on any atom is -0.467 e. The van der Waals surface area contributed by atoms with Crippen LogP contribution in [0.5, 0.6) is 0 Å². The van der Waals surface area contributed by atoms with Crippen LogP contribution in [-0.4, -0.2) is 70.2 Å². The second-order valence-electron chi connectivity index (χ2n) is 7.34. The monoisotopic (exact) mass is 532 g/mol. The third-order valence-electron chi connectivity index (χ3n) is 5.04. The highest BCUT2D eigenvalue weighted by Crippen LogP contribution is 2.22. The van der Waals surface area contributed by atoms with E-state index in [1.54, 1.807) is 36.4 Å². The van der Waals surface area contributed by atoms with Crippen LogP contribution in [-0.2, 0) is 28.7 Å². The molecule has 0 bridgehead atoms. The molecule has 0 aliphatic rings. The Morgan fingerprint density at radius 1 is 0.639 bits per heavy atom. The van der Waals surface area contributed by atoms with E-state index in [4.69, 9.17) is 9.47 Å². The van der Waals surface area contributed by atoms with Crippen LogP contribution in [0, 0.1) is 0 Å². The van der Waals surface area contributed by atoms with Crippen LogP contribution in [0.25, 0.3) is 0 Å². The SMILES string of the molecule is COC(=O)C(C(C(=O)OC)N(S)C(=O)CC(=O)c1ccccc1)N(S)C(=O)CC(=O)c1ccccc1. The summed E-state index contributed by atoms with van der Waals surface area (Å²) in [6, 6.07) is 12.2. The van der Waals surface area contributed by atoms with Gasteiger partial charge in [0.05, 0.1) is 27.1 Å². The molecule has 190 valence electrons. The number of nitrogens with zero attached hydrogens (tertiary/aromatic N) is 2. The van der Waals surface area contributed by atoms with Crippen LogP contribution >= 0.6 is 25.6 Å². The second kappa shape index (κ2) is 13.4. The molecule has 0 fully saturated rings. The summed E-state index contributed by atoms with van der Waals surface area (Å²) in [5.74, 6) is -5.31. The number of carbonyl (C=O) groups excluding carboxylic acids is 6. The molecule has 0 saturated heterocycles. The number of carbonyl (C=O) groups is 6. The lowest BCUT2D eigenvalue weighted by Gasteiger charge is -2.34. The fourth-order valence-electron chi connectivity index (χ4n) is 3.17. The molecule has 2 rings (SSSR count). The molecule has 12 heteroatoms. The van der Waals surface area contributed by atoms with Gasteiger partial charge < -0.3 is 9.47 Å². The number of ether oxygens (including phenoxy) is 2. The van der Waals surface area contributed by atoms with Gasteiger partial charge in [-0.05, 0) is 0 Å². The highest BCUT2D eigenvalue weighted by atomic mass is 32.1. The minimum absolute atomic E-state index is 0.247. The van der Waals surface area contributed by atoms with Crippen LogP contribution in [0.1, 0.15) is 33.6 Å². The van der Waals surface area contributed by atoms with Gasteiger partial charge in [-0.15, -0.1) is 0 Å². The zero-order valence-corrected chi connectivity index (χ0v) is 21.2. The van der Waals surface area contributed by atoms with Crippen molar-refractivity contribution < 1.29 is 38.2 Å². The molecule has 0 saturated carbocycles. The molecular formula is C24H24N2O8S2. The van der Waals surface area contributed by atoms with E-state index in [2.05, 4.69) is 25.6 Å². The number of hydrogen-bond acceptors (Lipinski definition) is 10. The Balaban J connectivity index is 2.30. The Labute approximate surface area is 218 Å². The van der Waals surface area contributed by atoms with Gasteiger partial charge in [0.1, 0.15) is 0 Å². The quantitative estimate of drug-likeness (QED) is 0.195. The Morgan fingerprint density at radius 3 is 1.22 bits per heavy atom. The highest BCUT2D eigenvalue weighted by Gasteiger charge is 2.46. The first kappa shape index (κ1) is 28.6. The van der Waals surface area contributed by atoms with Crippen LogP contribution in [0.3, 0.4) is 0 Å². The number of methoxy groups -OCH3 is 2. The standard InChI is InChI=1S/C24H24N2O8S2/c1-33-23(31)21(25(35)19(29)13-17(27)15-9-5-3-6-10-15)22(24(32)34-2)26(36)20(30)14-18(28)16-11-7-4-8-12-16/h3-12,21-22,35-36H,13-14H2,1-2H3. The van der Waals surface area contributed by atoms with E-state index in [1.807, 2.05) is 0 Å². The first-order valence-corrected chi connectivity index (χ1v) is 11.3. The van der Waals surface area contributed by atoms with E-state index < -0.39 is 60.2 Å². The average Bonchev–Trinajstić information content (AvgIpc) is 2.90. The third-order valence-corrected chi connectivity index (χ3v) is 5.98. The summed E-state index contributed by atoms with van der Waals surface area (Å²) in [6.07, 6.45) is -1.39. The first-order valence-electron chi connectivity index (χ1n) is 10.5. The van der Waals surface area contributed by atoms with E-state index >= 15 is 0 Å². The van der Waals surface area contributed by atoms with Crippen molar-refractivity contribution in [2.75, 3.05) is 14.2 Å². The molecule has 2 atom stereocenters. The van der Waals surface area contributed by atoms with Gasteiger partial charge in [-0.1, -0.05) is 86.3 Å². The zero-order chi connectivity index (χ0) is 26.8. The predicted octanol–water partition coefficient (Wildman–Crippen LogP) is 1.96. The van der Waals surface area contributed by atoms with E-state index in [0.29, 0.717) is 8.61 Å². The van der Waals surface area contributed by atoms with Gasteiger partial charge in [0.25, 0.3) is 0 Å². The summed E-state index contributed by atoms with van der Waals surface area (Å²) in [4.78, 5) is 75.9. The van der Waals surface area contributed by atoms with Crippen molar-refractivity contribution in [1.29, 1.82) is 0 Å². The summed E-state index contributed by atoms with van der Waals surface area (Å²) in [7, 11) is 1.99. The van der Waals surface area contributed by atoms with Gasteiger partial charge >= 0.3 is 11.9 Å². The predicted molar refractivity (Wildman–Crippen MR) is 134 cm³/mol. The molecule has 0 heterocycles. The van der Waals surface area contributed by atoms with Gasteiger partial charge in [-0.3, -0.25) is 27.8 Å². The van der Waals surface area contributed by atoms with E-state index in [9.17, 15) is 28.8 Å². The fourth-order valence-corrected chi connectivity index (χ4v) is 3.75. The molecule has 0 aliphatic carbocycles. The van der Waals surface area contributed by atoms with E-state index in [1.165, 1.54) is 24.3 Å². The largest absolute Gasteiger partial charge is 0.467 e. The molecule has 2 aromatic carbocycles. The van der Waals surface area contributed by atoms with Crippen LogP contribution < -0.4 is 0 Å². The fraction of sp³-hybridized carbons (Fsp3) is 0.250. The van der Waals surface area contributed by atoms with E-state index in [-0.39, 0.29) is 11.1 Å². The molecule has 36 heavy (non-hydrogen) atoms. The van der Waals surface area contributed by atoms with Crippen molar-refractivity contribution in [3.63, 3.8) is 0 Å². The van der Waals surface area contributed by atoms with Crippen LogP contribution in [0.2, 0.25) is 0 Å². The topological polar surface area (TPSA) is 127 Å². The molecular weight excluding hydrogens is 508 g/mol. The number of amides is 2. The Hall–Kier alpha value is -3.64. The van der Waals surface area contributed by atoms with Gasteiger partial charge in [-0.25, -0.2) is 9.59 Å². The lowest BCUT2D eigenvalue weighted by molar-refractivity contribution is -0.160. The summed E-state index contributed by atoms with van der Waals surface area (Å²) in [6.45, 7) is 0. The lowest BCUT2D eigenvalue weighted by atomic mass is 10.0. The van der Waals surface area contributed by atoms with Crippen molar-refractivity contribution in [3.05, 3.63) is 71.8 Å². The highest BCUT2D eigenvalue weighted by molar-refractivity contribution is 7.78. The van der Waals surface area contributed by atoms with Crippen molar-refractivity contribution in [2.45, 2.75) is 24.9 Å². The minimum atomic E-state index is -1.85. The molecule has 2 amide bonds. The maximum atomic E-state index is 12.8. The molecule has 0 spiro atoms. The number of thiol groups is 2. The number of benzene rings is 2. The number of rotatable bonds is 11. The zero-order valence-electron chi connectivity index (χ0n) is 19.4. The molecule has 2 aromatic rings. The van der Waals surface area contributed by atoms with Gasteiger partial charge in [0.15, 0.2) is 23.7 Å². The van der Waals surface area contributed by atoms with Crippen molar-refractivity contribution in [1.82, 2.24) is 8.61 Å². The number of ketones is 2. The van der Waals surface area contributed by atoms with Crippen molar-refractivity contribution in [3.8, 4) is 0 Å². The Morgan fingerprint density at radius 2 is 0.944 bits per heavy atom. The van der Waals surface area contributed by atoms with Crippen LogP contribution in [0.15, 0.2) is 60.7 Å². The smallest absolute Gasteiger partial charge is 0.332 e. The number of Topliss-reactive ketones (excluding diaryl/α,β-unsaturated/α-hetero) is 2. The number of hydrogen-bond donors (Lipinski definition) is 2. The maximum Gasteiger partial charge on any atom is 0.332 e. The molecule has 0 aromatic heterocycles.